The monoisotopic (exact) mass is 298 g/mol. The second kappa shape index (κ2) is 6.21. The van der Waals surface area contributed by atoms with Crippen LogP contribution in [0.25, 0.3) is 0 Å². The first-order valence-corrected chi connectivity index (χ1v) is 6.58. The van der Waals surface area contributed by atoms with E-state index in [0.717, 1.165) is 6.42 Å². The maximum Gasteiger partial charge on any atom is 0.337 e. The van der Waals surface area contributed by atoms with Gasteiger partial charge in [-0.1, -0.05) is 11.6 Å². The lowest BCUT2D eigenvalue weighted by Gasteiger charge is -2.14. The van der Waals surface area contributed by atoms with Crippen LogP contribution >= 0.6 is 11.6 Å². The van der Waals surface area contributed by atoms with Crippen molar-refractivity contribution in [2.24, 2.45) is 5.73 Å². The zero-order valence-electron chi connectivity index (χ0n) is 10.6. The molecule has 1 fully saturated rings. The molecule has 6 nitrogen and oxygen atoms in total. The van der Waals surface area contributed by atoms with E-state index in [9.17, 15) is 9.59 Å². The summed E-state index contributed by atoms with van der Waals surface area (Å²) in [5.41, 5.74) is 5.62. The summed E-state index contributed by atoms with van der Waals surface area (Å²) in [5.74, 6) is -1.53. The van der Waals surface area contributed by atoms with Crippen LogP contribution in [0.5, 0.6) is 0 Å². The van der Waals surface area contributed by atoms with Crippen molar-refractivity contribution < 1.29 is 19.4 Å². The van der Waals surface area contributed by atoms with Crippen molar-refractivity contribution in [2.45, 2.75) is 25.0 Å². The van der Waals surface area contributed by atoms with Crippen LogP contribution in [-0.4, -0.2) is 35.7 Å². The van der Waals surface area contributed by atoms with E-state index in [1.807, 2.05) is 0 Å². The van der Waals surface area contributed by atoms with Gasteiger partial charge in [0.05, 0.1) is 17.4 Å². The molecule has 1 amide bonds. The summed E-state index contributed by atoms with van der Waals surface area (Å²) < 4.78 is 5.46. The molecule has 1 aliphatic heterocycles. The highest BCUT2D eigenvalue weighted by Crippen LogP contribution is 2.24. The van der Waals surface area contributed by atoms with Gasteiger partial charge in [-0.2, -0.15) is 0 Å². The van der Waals surface area contributed by atoms with Crippen LogP contribution in [0.15, 0.2) is 18.2 Å². The van der Waals surface area contributed by atoms with E-state index in [-0.39, 0.29) is 23.3 Å². The van der Waals surface area contributed by atoms with Crippen LogP contribution in [0.2, 0.25) is 5.02 Å². The van der Waals surface area contributed by atoms with Gasteiger partial charge in [0.1, 0.15) is 6.10 Å². The number of nitrogens with one attached hydrogen (secondary N) is 1. The highest BCUT2D eigenvalue weighted by atomic mass is 35.5. The number of ether oxygens (including phenoxy) is 1. The lowest BCUT2D eigenvalue weighted by atomic mass is 10.1. The fourth-order valence-corrected chi connectivity index (χ4v) is 2.26. The number of carbonyl (C=O) groups is 2. The summed E-state index contributed by atoms with van der Waals surface area (Å²) in [6.07, 6.45) is 0.584. The maximum absolute atomic E-state index is 12.0. The van der Waals surface area contributed by atoms with Gasteiger partial charge in [-0.05, 0) is 31.0 Å². The number of amides is 1. The Morgan fingerprint density at radius 3 is 2.80 bits per heavy atom. The average Bonchev–Trinajstić information content (AvgIpc) is 2.89. The Hall–Kier alpha value is -1.63. The number of halogens is 1. The molecule has 1 aromatic rings. The van der Waals surface area contributed by atoms with Gasteiger partial charge >= 0.3 is 5.97 Å². The molecule has 1 saturated heterocycles. The molecule has 0 bridgehead atoms. The molecule has 2 unspecified atom stereocenters. The quantitative estimate of drug-likeness (QED) is 0.781. The summed E-state index contributed by atoms with van der Waals surface area (Å²) in [5, 5.41) is 11.9. The number of carbonyl (C=O) groups excluding carboxylic acids is 1. The molecule has 4 N–H and O–H groups in total. The van der Waals surface area contributed by atoms with Crippen LogP contribution in [-0.2, 0) is 9.53 Å². The number of aromatic carboxylic acids is 1. The van der Waals surface area contributed by atoms with Crippen molar-refractivity contribution in [1.29, 1.82) is 0 Å². The van der Waals surface area contributed by atoms with Crippen LogP contribution in [0, 0.1) is 0 Å². The van der Waals surface area contributed by atoms with Crippen molar-refractivity contribution >= 4 is 29.2 Å². The van der Waals surface area contributed by atoms with Crippen LogP contribution in [0.4, 0.5) is 5.69 Å². The minimum absolute atomic E-state index is 0.0563. The second-order valence-electron chi connectivity index (χ2n) is 4.54. The molecule has 2 atom stereocenters. The van der Waals surface area contributed by atoms with Gasteiger partial charge in [0.25, 0.3) is 5.91 Å². The summed E-state index contributed by atoms with van der Waals surface area (Å²) >= 11 is 5.75. The standard InChI is InChI=1S/C13H15ClN2O4/c14-7-1-3-10(9(5-7)13(18)19)16-12(17)11-4-2-8(6-15)20-11/h1,3,5,8,11H,2,4,6,15H2,(H,16,17)(H,18,19). The van der Waals surface area contributed by atoms with Gasteiger partial charge in [-0.3, -0.25) is 4.79 Å². The van der Waals surface area contributed by atoms with E-state index >= 15 is 0 Å². The number of anilines is 1. The maximum atomic E-state index is 12.0. The van der Waals surface area contributed by atoms with Crippen molar-refractivity contribution in [3.8, 4) is 0 Å². The number of hydrogen-bond donors (Lipinski definition) is 3. The average molecular weight is 299 g/mol. The van der Waals surface area contributed by atoms with Gasteiger partial charge in [0.2, 0.25) is 0 Å². The van der Waals surface area contributed by atoms with E-state index in [4.69, 9.17) is 27.2 Å². The highest BCUT2D eigenvalue weighted by Gasteiger charge is 2.30. The number of carboxylic acid groups (broad SMARTS) is 1. The molecule has 7 heteroatoms. The molecule has 0 spiro atoms. The van der Waals surface area contributed by atoms with Crippen molar-refractivity contribution in [3.05, 3.63) is 28.8 Å². The Kier molecular flexibility index (Phi) is 4.59. The third kappa shape index (κ3) is 3.27. The van der Waals surface area contributed by atoms with E-state index < -0.39 is 12.1 Å². The summed E-state index contributed by atoms with van der Waals surface area (Å²) in [6.45, 7) is 0.366. The SMILES string of the molecule is NCC1CCC(C(=O)Nc2ccc(Cl)cc2C(=O)O)O1. The molecule has 2 rings (SSSR count). The Morgan fingerprint density at radius 2 is 2.20 bits per heavy atom. The lowest BCUT2D eigenvalue weighted by Crippen LogP contribution is -2.30. The topological polar surface area (TPSA) is 102 Å². The Balaban J connectivity index is 2.10. The molecule has 0 aromatic heterocycles. The smallest absolute Gasteiger partial charge is 0.337 e. The van der Waals surface area contributed by atoms with Crippen molar-refractivity contribution in [1.82, 2.24) is 0 Å². The van der Waals surface area contributed by atoms with Gasteiger partial charge in [-0.15, -0.1) is 0 Å². The third-order valence-electron chi connectivity index (χ3n) is 3.13. The Morgan fingerprint density at radius 1 is 1.45 bits per heavy atom. The number of benzene rings is 1. The molecular formula is C13H15ClN2O4. The van der Waals surface area contributed by atoms with Crippen LogP contribution < -0.4 is 11.1 Å². The minimum atomic E-state index is -1.16. The predicted octanol–water partition coefficient (Wildman–Crippen LogP) is 1.48. The second-order valence-corrected chi connectivity index (χ2v) is 4.98. The zero-order valence-corrected chi connectivity index (χ0v) is 11.4. The predicted molar refractivity (Wildman–Crippen MR) is 74.0 cm³/mol. The first kappa shape index (κ1) is 14.8. The van der Waals surface area contributed by atoms with E-state index in [2.05, 4.69) is 5.32 Å². The first-order chi connectivity index (χ1) is 9.51. The molecule has 20 heavy (non-hydrogen) atoms. The third-order valence-corrected chi connectivity index (χ3v) is 3.37. The van der Waals surface area contributed by atoms with Crippen molar-refractivity contribution in [2.75, 3.05) is 11.9 Å². The molecule has 1 aromatic carbocycles. The van der Waals surface area contributed by atoms with Gasteiger partial charge < -0.3 is 20.9 Å². The molecule has 1 aliphatic rings. The molecule has 0 aliphatic carbocycles. The number of rotatable bonds is 4. The van der Waals surface area contributed by atoms with E-state index in [0.29, 0.717) is 18.0 Å². The lowest BCUT2D eigenvalue weighted by molar-refractivity contribution is -0.126. The molecular weight excluding hydrogens is 284 g/mol. The number of nitrogens with two attached hydrogens (primary N) is 1. The Labute approximate surface area is 120 Å². The number of carboxylic acids is 1. The summed E-state index contributed by atoms with van der Waals surface area (Å²) in [4.78, 5) is 23.2. The summed E-state index contributed by atoms with van der Waals surface area (Å²) in [7, 11) is 0. The Bertz CT molecular complexity index is 535. The molecule has 0 saturated carbocycles. The molecule has 0 radical (unpaired) electrons. The fourth-order valence-electron chi connectivity index (χ4n) is 2.09. The molecule has 108 valence electrons. The normalized spacial score (nSPS) is 21.7. The van der Waals surface area contributed by atoms with E-state index in [1.54, 1.807) is 0 Å². The van der Waals surface area contributed by atoms with Crippen LogP contribution in [0.3, 0.4) is 0 Å². The zero-order chi connectivity index (χ0) is 14.7. The first-order valence-electron chi connectivity index (χ1n) is 6.20. The highest BCUT2D eigenvalue weighted by molar-refractivity contribution is 6.31. The van der Waals surface area contributed by atoms with E-state index in [1.165, 1.54) is 18.2 Å². The van der Waals surface area contributed by atoms with Gasteiger partial charge in [0.15, 0.2) is 0 Å². The van der Waals surface area contributed by atoms with Crippen LogP contribution in [0.1, 0.15) is 23.2 Å². The van der Waals surface area contributed by atoms with Gasteiger partial charge in [-0.25, -0.2) is 4.79 Å². The largest absolute Gasteiger partial charge is 0.478 e. The summed E-state index contributed by atoms with van der Waals surface area (Å²) in [6, 6.07) is 4.26. The fraction of sp³-hybridized carbons (Fsp3) is 0.385. The minimum Gasteiger partial charge on any atom is -0.478 e. The number of hydrogen-bond acceptors (Lipinski definition) is 4. The molecule has 1 heterocycles. The van der Waals surface area contributed by atoms with Gasteiger partial charge in [0, 0.05) is 11.6 Å². The van der Waals surface area contributed by atoms with Crippen molar-refractivity contribution in [3.63, 3.8) is 0 Å².